The SMILES string of the molecule is COC(C)(C)C(=O)Nc1cccc(CC(=O)O)c1. The van der Waals surface area contributed by atoms with Gasteiger partial charge in [-0.05, 0) is 31.5 Å². The van der Waals surface area contributed by atoms with E-state index in [-0.39, 0.29) is 12.3 Å². The molecule has 0 aliphatic carbocycles. The molecule has 0 heterocycles. The molecule has 2 N–H and O–H groups in total. The fourth-order valence-corrected chi connectivity index (χ4v) is 1.31. The van der Waals surface area contributed by atoms with Gasteiger partial charge in [0.05, 0.1) is 6.42 Å². The Balaban J connectivity index is 2.79. The number of carbonyl (C=O) groups excluding carboxylic acids is 1. The molecule has 0 saturated heterocycles. The van der Waals surface area contributed by atoms with Gasteiger partial charge in [-0.2, -0.15) is 0 Å². The molecule has 0 spiro atoms. The molecule has 0 atom stereocenters. The van der Waals surface area contributed by atoms with Crippen molar-refractivity contribution in [3.63, 3.8) is 0 Å². The molecule has 0 aromatic heterocycles. The van der Waals surface area contributed by atoms with Crippen molar-refractivity contribution >= 4 is 17.6 Å². The van der Waals surface area contributed by atoms with Crippen molar-refractivity contribution in [1.29, 1.82) is 0 Å². The summed E-state index contributed by atoms with van der Waals surface area (Å²) in [5.41, 5.74) is 0.266. The highest BCUT2D eigenvalue weighted by molar-refractivity contribution is 5.96. The van der Waals surface area contributed by atoms with Crippen molar-refractivity contribution < 1.29 is 19.4 Å². The van der Waals surface area contributed by atoms with Gasteiger partial charge in [-0.15, -0.1) is 0 Å². The van der Waals surface area contributed by atoms with E-state index in [1.165, 1.54) is 7.11 Å². The number of benzene rings is 1. The molecule has 0 fully saturated rings. The van der Waals surface area contributed by atoms with E-state index in [2.05, 4.69) is 5.32 Å². The van der Waals surface area contributed by atoms with E-state index < -0.39 is 11.6 Å². The number of nitrogens with one attached hydrogen (secondary N) is 1. The molecule has 5 nitrogen and oxygen atoms in total. The maximum atomic E-state index is 11.8. The van der Waals surface area contributed by atoms with Crippen LogP contribution in [-0.2, 0) is 20.7 Å². The van der Waals surface area contributed by atoms with Crippen LogP contribution >= 0.6 is 0 Å². The van der Waals surface area contributed by atoms with Crippen molar-refractivity contribution in [2.24, 2.45) is 0 Å². The molecule has 1 aromatic rings. The number of rotatable bonds is 5. The van der Waals surface area contributed by atoms with E-state index in [4.69, 9.17) is 9.84 Å². The summed E-state index contributed by atoms with van der Waals surface area (Å²) in [5.74, 6) is -1.19. The highest BCUT2D eigenvalue weighted by Gasteiger charge is 2.26. The van der Waals surface area contributed by atoms with Crippen molar-refractivity contribution in [2.75, 3.05) is 12.4 Å². The second-order valence-corrected chi connectivity index (χ2v) is 4.44. The summed E-state index contributed by atoms with van der Waals surface area (Å²) < 4.78 is 5.06. The van der Waals surface area contributed by atoms with Crippen LogP contribution in [0.4, 0.5) is 5.69 Å². The lowest BCUT2D eigenvalue weighted by Crippen LogP contribution is -2.38. The van der Waals surface area contributed by atoms with Crippen LogP contribution in [-0.4, -0.2) is 29.7 Å². The van der Waals surface area contributed by atoms with Crippen LogP contribution in [0.2, 0.25) is 0 Å². The third-order valence-electron chi connectivity index (χ3n) is 2.60. The number of anilines is 1. The van der Waals surface area contributed by atoms with Gasteiger partial charge in [0.25, 0.3) is 5.91 Å². The van der Waals surface area contributed by atoms with Gasteiger partial charge < -0.3 is 15.2 Å². The van der Waals surface area contributed by atoms with E-state index in [0.29, 0.717) is 11.3 Å². The van der Waals surface area contributed by atoms with Gasteiger partial charge in [0, 0.05) is 12.8 Å². The van der Waals surface area contributed by atoms with Crippen LogP contribution in [0, 0.1) is 0 Å². The number of ether oxygens (including phenoxy) is 1. The Morgan fingerprint density at radius 3 is 2.61 bits per heavy atom. The first-order valence-corrected chi connectivity index (χ1v) is 5.52. The fourth-order valence-electron chi connectivity index (χ4n) is 1.31. The number of aliphatic carboxylic acids is 1. The third kappa shape index (κ3) is 3.85. The van der Waals surface area contributed by atoms with E-state index in [1.54, 1.807) is 38.1 Å². The Labute approximate surface area is 106 Å². The van der Waals surface area contributed by atoms with Gasteiger partial charge >= 0.3 is 5.97 Å². The molecular formula is C13H17NO4. The summed E-state index contributed by atoms with van der Waals surface area (Å²) in [6.07, 6.45) is -0.0720. The molecule has 0 bridgehead atoms. The average molecular weight is 251 g/mol. The van der Waals surface area contributed by atoms with Gasteiger partial charge in [0.15, 0.2) is 0 Å². The van der Waals surface area contributed by atoms with Gasteiger partial charge in [0.1, 0.15) is 5.60 Å². The molecule has 0 aliphatic heterocycles. The number of methoxy groups -OCH3 is 1. The minimum Gasteiger partial charge on any atom is -0.481 e. The van der Waals surface area contributed by atoms with E-state index >= 15 is 0 Å². The predicted molar refractivity (Wildman–Crippen MR) is 67.5 cm³/mol. The number of hydrogen-bond acceptors (Lipinski definition) is 3. The number of hydrogen-bond donors (Lipinski definition) is 2. The summed E-state index contributed by atoms with van der Waals surface area (Å²) in [6, 6.07) is 6.74. The van der Waals surface area contributed by atoms with Crippen LogP contribution < -0.4 is 5.32 Å². The smallest absolute Gasteiger partial charge is 0.307 e. The Bertz CT molecular complexity index is 454. The lowest BCUT2D eigenvalue weighted by molar-refractivity contribution is -0.136. The van der Waals surface area contributed by atoms with Gasteiger partial charge in [-0.3, -0.25) is 9.59 Å². The molecule has 18 heavy (non-hydrogen) atoms. The highest BCUT2D eigenvalue weighted by atomic mass is 16.5. The van der Waals surface area contributed by atoms with Crippen LogP contribution in [0.25, 0.3) is 0 Å². The minimum absolute atomic E-state index is 0.0720. The summed E-state index contributed by atoms with van der Waals surface area (Å²) in [7, 11) is 1.46. The zero-order chi connectivity index (χ0) is 13.8. The fraction of sp³-hybridized carbons (Fsp3) is 0.385. The molecule has 0 aliphatic rings. The molecule has 98 valence electrons. The van der Waals surface area contributed by atoms with Gasteiger partial charge in [-0.25, -0.2) is 0 Å². The van der Waals surface area contributed by atoms with Crippen LogP contribution in [0.1, 0.15) is 19.4 Å². The Hall–Kier alpha value is -1.88. The number of amides is 1. The largest absolute Gasteiger partial charge is 0.481 e. The summed E-state index contributed by atoms with van der Waals surface area (Å²) in [4.78, 5) is 22.4. The topological polar surface area (TPSA) is 75.6 Å². The van der Waals surface area contributed by atoms with Crippen molar-refractivity contribution in [2.45, 2.75) is 25.9 Å². The van der Waals surface area contributed by atoms with Crippen LogP contribution in [0.15, 0.2) is 24.3 Å². The van der Waals surface area contributed by atoms with E-state index in [9.17, 15) is 9.59 Å². The van der Waals surface area contributed by atoms with E-state index in [1.807, 2.05) is 0 Å². The maximum absolute atomic E-state index is 11.8. The van der Waals surface area contributed by atoms with Crippen LogP contribution in [0.5, 0.6) is 0 Å². The zero-order valence-electron chi connectivity index (χ0n) is 10.7. The molecule has 0 radical (unpaired) electrons. The first-order chi connectivity index (χ1) is 8.35. The van der Waals surface area contributed by atoms with Crippen molar-refractivity contribution in [1.82, 2.24) is 0 Å². The molecule has 5 heteroatoms. The summed E-state index contributed by atoms with van der Waals surface area (Å²) >= 11 is 0. The molecule has 0 saturated carbocycles. The van der Waals surface area contributed by atoms with Gasteiger partial charge in [0.2, 0.25) is 0 Å². The van der Waals surface area contributed by atoms with Crippen molar-refractivity contribution in [3.8, 4) is 0 Å². The quantitative estimate of drug-likeness (QED) is 0.834. The minimum atomic E-state index is -0.928. The number of carbonyl (C=O) groups is 2. The lowest BCUT2D eigenvalue weighted by atomic mass is 10.1. The predicted octanol–water partition coefficient (Wildman–Crippen LogP) is 1.68. The normalized spacial score (nSPS) is 11.1. The Morgan fingerprint density at radius 1 is 1.39 bits per heavy atom. The Morgan fingerprint density at radius 2 is 2.06 bits per heavy atom. The van der Waals surface area contributed by atoms with Crippen LogP contribution in [0.3, 0.4) is 0 Å². The molecule has 1 rings (SSSR count). The second kappa shape index (κ2) is 5.64. The molecule has 0 unspecified atom stereocenters. The van der Waals surface area contributed by atoms with Crippen molar-refractivity contribution in [3.05, 3.63) is 29.8 Å². The third-order valence-corrected chi connectivity index (χ3v) is 2.60. The molecular weight excluding hydrogens is 234 g/mol. The monoisotopic (exact) mass is 251 g/mol. The summed E-state index contributed by atoms with van der Waals surface area (Å²) in [5, 5.41) is 11.4. The first-order valence-electron chi connectivity index (χ1n) is 5.52. The first kappa shape index (κ1) is 14.2. The maximum Gasteiger partial charge on any atom is 0.307 e. The molecule has 1 amide bonds. The molecule has 1 aromatic carbocycles. The average Bonchev–Trinajstić information content (AvgIpc) is 2.28. The van der Waals surface area contributed by atoms with E-state index in [0.717, 1.165) is 0 Å². The lowest BCUT2D eigenvalue weighted by Gasteiger charge is -2.21. The number of carboxylic acids is 1. The Kier molecular flexibility index (Phi) is 4.44. The van der Waals surface area contributed by atoms with Gasteiger partial charge in [-0.1, -0.05) is 12.1 Å². The highest BCUT2D eigenvalue weighted by Crippen LogP contribution is 2.15. The summed E-state index contributed by atoms with van der Waals surface area (Å²) in [6.45, 7) is 3.31. The number of carboxylic acid groups (broad SMARTS) is 1. The standard InChI is InChI=1S/C13H17NO4/c1-13(2,18-3)12(17)14-10-6-4-5-9(7-10)8-11(15)16/h4-7H,8H2,1-3H3,(H,14,17)(H,15,16). The zero-order valence-corrected chi connectivity index (χ0v) is 10.7. The second-order valence-electron chi connectivity index (χ2n) is 4.44.